The molecule has 1 saturated heterocycles. The summed E-state index contributed by atoms with van der Waals surface area (Å²) in [6, 6.07) is 4.18. The highest BCUT2D eigenvalue weighted by Gasteiger charge is 2.27. The van der Waals surface area contributed by atoms with E-state index in [9.17, 15) is 0 Å². The summed E-state index contributed by atoms with van der Waals surface area (Å²) in [6.45, 7) is 3.03. The van der Waals surface area contributed by atoms with E-state index in [2.05, 4.69) is 62.9 Å². The van der Waals surface area contributed by atoms with Crippen LogP contribution in [-0.2, 0) is 6.54 Å². The first-order valence-corrected chi connectivity index (χ1v) is 10.8. The van der Waals surface area contributed by atoms with Crippen LogP contribution >= 0.6 is 43.2 Å². The number of nitrogens with two attached hydrogens (primary N) is 1. The molecule has 3 aromatic rings. The Morgan fingerprint density at radius 1 is 1.35 bits per heavy atom. The van der Waals surface area contributed by atoms with E-state index >= 15 is 0 Å². The van der Waals surface area contributed by atoms with Crippen molar-refractivity contribution in [2.24, 2.45) is 16.9 Å². The average Bonchev–Trinajstić information content (AvgIpc) is 3.24. The van der Waals surface area contributed by atoms with E-state index in [1.54, 1.807) is 17.7 Å². The SMILES string of the molecule is NN=C(c1ncnc2[nH]ccc12)C1CCN(Cc2cc(Br)c(Br)s2)CC1. The largest absolute Gasteiger partial charge is 0.346 e. The third kappa shape index (κ3) is 3.58. The first kappa shape index (κ1) is 18.1. The Bertz CT molecular complexity index is 922. The van der Waals surface area contributed by atoms with Crippen LogP contribution in [-0.4, -0.2) is 38.7 Å². The molecule has 6 nitrogen and oxygen atoms in total. The summed E-state index contributed by atoms with van der Waals surface area (Å²) in [6.07, 6.45) is 5.50. The van der Waals surface area contributed by atoms with Crippen LogP contribution in [0.3, 0.4) is 0 Å². The van der Waals surface area contributed by atoms with Gasteiger partial charge in [0.15, 0.2) is 0 Å². The van der Waals surface area contributed by atoms with Gasteiger partial charge in [-0.05, 0) is 69.9 Å². The fourth-order valence-corrected chi connectivity index (χ4v) is 5.71. The van der Waals surface area contributed by atoms with Crippen LogP contribution in [0, 0.1) is 5.92 Å². The van der Waals surface area contributed by atoms with Crippen molar-refractivity contribution in [3.8, 4) is 0 Å². The van der Waals surface area contributed by atoms with Crippen molar-refractivity contribution < 1.29 is 0 Å². The van der Waals surface area contributed by atoms with Gasteiger partial charge in [-0.1, -0.05) is 0 Å². The molecule has 1 fully saturated rings. The van der Waals surface area contributed by atoms with Crippen molar-refractivity contribution in [2.75, 3.05) is 13.1 Å². The van der Waals surface area contributed by atoms with Crippen molar-refractivity contribution in [3.63, 3.8) is 0 Å². The fraction of sp³-hybridized carbons (Fsp3) is 0.353. The predicted molar refractivity (Wildman–Crippen MR) is 112 cm³/mol. The van der Waals surface area contributed by atoms with Crippen molar-refractivity contribution in [1.29, 1.82) is 0 Å². The summed E-state index contributed by atoms with van der Waals surface area (Å²) in [4.78, 5) is 15.7. The number of nitrogens with zero attached hydrogens (tertiary/aromatic N) is 4. The van der Waals surface area contributed by atoms with Crippen LogP contribution in [0.15, 0.2) is 38.0 Å². The molecular weight excluding hydrogens is 480 g/mol. The summed E-state index contributed by atoms with van der Waals surface area (Å²) in [5.74, 6) is 6.09. The van der Waals surface area contributed by atoms with Gasteiger partial charge < -0.3 is 10.8 Å². The number of hydrogen-bond acceptors (Lipinski definition) is 6. The molecule has 4 rings (SSSR count). The van der Waals surface area contributed by atoms with Gasteiger partial charge in [0, 0.05) is 33.4 Å². The number of H-pyrrole nitrogens is 1. The molecule has 0 atom stereocenters. The number of hydrazone groups is 1. The lowest BCUT2D eigenvalue weighted by Crippen LogP contribution is -2.36. The van der Waals surface area contributed by atoms with Gasteiger partial charge in [0.05, 0.1) is 15.2 Å². The minimum Gasteiger partial charge on any atom is -0.346 e. The summed E-state index contributed by atoms with van der Waals surface area (Å²) in [7, 11) is 0. The van der Waals surface area contributed by atoms with Crippen molar-refractivity contribution >= 4 is 59.9 Å². The van der Waals surface area contributed by atoms with Gasteiger partial charge in [-0.3, -0.25) is 4.90 Å². The second-order valence-corrected chi connectivity index (χ2v) is 9.67. The molecule has 0 spiro atoms. The van der Waals surface area contributed by atoms with Gasteiger partial charge in [0.1, 0.15) is 12.0 Å². The maximum Gasteiger partial charge on any atom is 0.141 e. The molecule has 0 radical (unpaired) electrons. The number of thiophene rings is 1. The number of aromatic nitrogens is 3. The van der Waals surface area contributed by atoms with Crippen LogP contribution in [0.5, 0.6) is 0 Å². The normalized spacial score (nSPS) is 17.2. The van der Waals surface area contributed by atoms with Crippen LogP contribution < -0.4 is 5.84 Å². The minimum absolute atomic E-state index is 0.325. The van der Waals surface area contributed by atoms with E-state index < -0.39 is 0 Å². The number of halogens is 2. The fourth-order valence-electron chi connectivity index (χ4n) is 3.49. The molecule has 4 heterocycles. The molecule has 3 aromatic heterocycles. The van der Waals surface area contributed by atoms with Gasteiger partial charge in [-0.2, -0.15) is 5.10 Å². The van der Waals surface area contributed by atoms with Crippen LogP contribution in [0.25, 0.3) is 11.0 Å². The maximum absolute atomic E-state index is 5.77. The Kier molecular flexibility index (Phi) is 5.40. The monoisotopic (exact) mass is 496 g/mol. The summed E-state index contributed by atoms with van der Waals surface area (Å²) >= 11 is 8.91. The number of hydrogen-bond donors (Lipinski definition) is 2. The minimum atomic E-state index is 0.325. The molecule has 0 aromatic carbocycles. The lowest BCUT2D eigenvalue weighted by molar-refractivity contribution is 0.203. The van der Waals surface area contributed by atoms with Crippen LogP contribution in [0.1, 0.15) is 23.4 Å². The highest BCUT2D eigenvalue weighted by molar-refractivity contribution is 9.13. The van der Waals surface area contributed by atoms with Crippen molar-refractivity contribution in [2.45, 2.75) is 19.4 Å². The molecule has 0 aliphatic carbocycles. The quantitative estimate of drug-likeness (QED) is 0.322. The molecule has 136 valence electrons. The maximum atomic E-state index is 5.77. The first-order valence-electron chi connectivity index (χ1n) is 8.38. The van der Waals surface area contributed by atoms with Crippen molar-refractivity contribution in [1.82, 2.24) is 19.9 Å². The predicted octanol–water partition coefficient (Wildman–Crippen LogP) is 4.12. The number of nitrogens with one attached hydrogen (secondary N) is 1. The smallest absolute Gasteiger partial charge is 0.141 e. The van der Waals surface area contributed by atoms with Gasteiger partial charge in [0.25, 0.3) is 0 Å². The molecular formula is C17H18Br2N6S. The number of likely N-dealkylation sites (tertiary alicyclic amines) is 1. The zero-order chi connectivity index (χ0) is 18.1. The topological polar surface area (TPSA) is 83.2 Å². The Labute approximate surface area is 172 Å². The molecule has 0 unspecified atom stereocenters. The van der Waals surface area contributed by atoms with E-state index in [1.807, 2.05) is 12.3 Å². The Morgan fingerprint density at radius 3 is 2.85 bits per heavy atom. The number of fused-ring (bicyclic) bond motifs is 1. The first-order chi connectivity index (χ1) is 12.7. The Balaban J connectivity index is 1.45. The number of rotatable bonds is 4. The zero-order valence-electron chi connectivity index (χ0n) is 14.0. The zero-order valence-corrected chi connectivity index (χ0v) is 17.9. The van der Waals surface area contributed by atoms with Crippen molar-refractivity contribution in [3.05, 3.63) is 43.5 Å². The van der Waals surface area contributed by atoms with Gasteiger partial charge in [-0.15, -0.1) is 11.3 Å². The second-order valence-electron chi connectivity index (χ2n) is 6.36. The second kappa shape index (κ2) is 7.75. The summed E-state index contributed by atoms with van der Waals surface area (Å²) < 4.78 is 2.28. The highest BCUT2D eigenvalue weighted by Crippen LogP contribution is 2.34. The molecule has 3 N–H and O–H groups in total. The van der Waals surface area contributed by atoms with Gasteiger partial charge >= 0.3 is 0 Å². The van der Waals surface area contributed by atoms with Crippen LogP contribution in [0.2, 0.25) is 0 Å². The Morgan fingerprint density at radius 2 is 2.15 bits per heavy atom. The molecule has 9 heteroatoms. The van der Waals surface area contributed by atoms with E-state index in [0.29, 0.717) is 5.92 Å². The van der Waals surface area contributed by atoms with Gasteiger partial charge in [0.2, 0.25) is 0 Å². The third-order valence-corrected chi connectivity index (χ3v) is 8.03. The summed E-state index contributed by atoms with van der Waals surface area (Å²) in [5.41, 5.74) is 2.56. The van der Waals surface area contributed by atoms with Crippen LogP contribution in [0.4, 0.5) is 0 Å². The lowest BCUT2D eigenvalue weighted by Gasteiger charge is -2.32. The molecule has 0 saturated carbocycles. The van der Waals surface area contributed by atoms with E-state index in [4.69, 9.17) is 5.84 Å². The van der Waals surface area contributed by atoms with E-state index in [0.717, 1.165) is 63.2 Å². The Hall–Kier alpha value is -1.29. The molecule has 1 aliphatic rings. The molecule has 1 aliphatic heterocycles. The third-order valence-electron chi connectivity index (χ3n) is 4.79. The highest BCUT2D eigenvalue weighted by atomic mass is 79.9. The molecule has 0 amide bonds. The standard InChI is InChI=1S/C17H18Br2N6S/c18-13-7-11(26-16(13)19)8-25-5-2-10(3-6-25)14(24-20)15-12-1-4-21-17(12)23-9-22-15/h1,4,7,9-10H,2-3,5-6,8,20H2,(H,21,22,23). The van der Waals surface area contributed by atoms with E-state index in [1.165, 1.54) is 4.88 Å². The lowest BCUT2D eigenvalue weighted by atomic mass is 9.89. The number of piperidine rings is 1. The summed E-state index contributed by atoms with van der Waals surface area (Å²) in [5, 5.41) is 5.10. The van der Waals surface area contributed by atoms with E-state index in [-0.39, 0.29) is 0 Å². The number of aromatic amines is 1. The average molecular weight is 498 g/mol. The van der Waals surface area contributed by atoms with Gasteiger partial charge in [-0.25, -0.2) is 9.97 Å². The molecule has 0 bridgehead atoms. The molecule has 26 heavy (non-hydrogen) atoms.